The van der Waals surface area contributed by atoms with Gasteiger partial charge in [0.2, 0.25) is 0 Å². The van der Waals surface area contributed by atoms with Crippen LogP contribution in [0.15, 0.2) is 0 Å². The van der Waals surface area contributed by atoms with Gasteiger partial charge in [-0.25, -0.2) is 0 Å². The molecule has 0 aliphatic heterocycles. The molecule has 1 nitrogen and oxygen atoms in total. The summed E-state index contributed by atoms with van der Waals surface area (Å²) >= 11 is 2.03. The lowest BCUT2D eigenvalue weighted by atomic mass is 10.3. The molecule has 0 bridgehead atoms. The standard InChI is InChI=1S/C4H9.C2H6O.Mg/c1-4(2)3;1-2-3;/h4H,1H2,2-3H3;3H,2H2,1H3;/q;;+2. The Morgan fingerprint density at radius 1 is 1.50 bits per heavy atom. The molecule has 0 spiro atoms. The molecule has 0 fully saturated rings. The van der Waals surface area contributed by atoms with Crippen molar-refractivity contribution < 1.29 is 5.11 Å². The van der Waals surface area contributed by atoms with E-state index in [-0.39, 0.29) is 6.61 Å². The van der Waals surface area contributed by atoms with Crippen LogP contribution in [0.1, 0.15) is 20.8 Å². The third-order valence-electron chi connectivity index (χ3n) is 0.577. The van der Waals surface area contributed by atoms with Gasteiger partial charge in [-0.3, -0.25) is 0 Å². The predicted octanol–water partition coefficient (Wildman–Crippen LogP) is 1.23. The van der Waals surface area contributed by atoms with Crippen molar-refractivity contribution in [2.75, 3.05) is 6.61 Å². The molecule has 0 amide bonds. The topological polar surface area (TPSA) is 20.2 Å². The van der Waals surface area contributed by atoms with Crippen LogP contribution in [0.4, 0.5) is 0 Å². The first-order chi connectivity index (χ1) is 3.68. The van der Waals surface area contributed by atoms with Crippen LogP contribution in [-0.4, -0.2) is 33.4 Å². The Hall–Kier alpha value is 0.726. The highest BCUT2D eigenvalue weighted by Gasteiger charge is 2.24. The summed E-state index contributed by atoms with van der Waals surface area (Å²) in [6, 6.07) is 0. The normalized spacial score (nSPS) is 8.25. The average molecular weight is 127 g/mol. The molecule has 0 saturated heterocycles. The summed E-state index contributed by atoms with van der Waals surface area (Å²) in [6.45, 7) is 6.39. The van der Waals surface area contributed by atoms with Crippen molar-refractivity contribution in [1.29, 1.82) is 0 Å². The van der Waals surface area contributed by atoms with Crippen LogP contribution in [0.3, 0.4) is 0 Å². The van der Waals surface area contributed by atoms with Crippen LogP contribution in [0.25, 0.3) is 0 Å². The zero-order valence-electron chi connectivity index (χ0n) is 6.15. The second-order valence-electron chi connectivity index (χ2n) is 2.00. The maximum Gasteiger partial charge on any atom is 1.41 e. The summed E-state index contributed by atoms with van der Waals surface area (Å²) in [5, 5.41) is 7.57. The molecule has 45 valence electrons. The maximum absolute atomic E-state index is 7.57. The first kappa shape index (κ1) is 11.5. The van der Waals surface area contributed by atoms with E-state index >= 15 is 0 Å². The van der Waals surface area contributed by atoms with Crippen LogP contribution < -0.4 is 0 Å². The fourth-order valence-electron chi connectivity index (χ4n) is 0. The molecule has 2 heteroatoms. The molecule has 0 atom stereocenters. The van der Waals surface area contributed by atoms with E-state index in [9.17, 15) is 0 Å². The van der Waals surface area contributed by atoms with Gasteiger partial charge in [0.15, 0.2) is 0 Å². The molecule has 0 rings (SSSR count). The summed E-state index contributed by atoms with van der Waals surface area (Å²) in [7, 11) is 0. The molecule has 0 aliphatic carbocycles. The largest absolute Gasteiger partial charge is 1.41 e. The van der Waals surface area contributed by atoms with Crippen LogP contribution >= 0.6 is 0 Å². The minimum atomic E-state index is 0.250. The second-order valence-corrected chi connectivity index (χ2v) is 2.58. The molecule has 8 heavy (non-hydrogen) atoms. The van der Waals surface area contributed by atoms with Crippen molar-refractivity contribution >= 4 is 21.7 Å². The Labute approximate surface area is 64.9 Å². The van der Waals surface area contributed by atoms with Gasteiger partial charge in [0.1, 0.15) is 0 Å². The van der Waals surface area contributed by atoms with Crippen molar-refractivity contribution in [1.82, 2.24) is 0 Å². The quantitative estimate of drug-likeness (QED) is 0.526. The molecule has 7 radical (unpaired) electrons. The van der Waals surface area contributed by atoms with Gasteiger partial charge in [-0.15, -0.1) is 0 Å². The Kier molecular flexibility index (Phi) is 15.3. The second kappa shape index (κ2) is 10.7. The summed E-state index contributed by atoms with van der Waals surface area (Å²) in [6.07, 6.45) is 0. The van der Waals surface area contributed by atoms with E-state index in [1.54, 1.807) is 6.92 Å². The lowest BCUT2D eigenvalue weighted by Gasteiger charge is -1.75. The molecule has 0 aromatic carbocycles. The van der Waals surface area contributed by atoms with Gasteiger partial charge >= 0.3 is 21.7 Å². The number of rotatable bonds is 1. The molecule has 1 N–H and O–H groups in total. The monoisotopic (exact) mass is 127 g/mol. The van der Waals surface area contributed by atoms with Gasteiger partial charge < -0.3 is 5.11 Å². The Balaban J connectivity index is 0. The third kappa shape index (κ3) is 29.7. The molecule has 0 aromatic heterocycles. The van der Waals surface area contributed by atoms with Crippen molar-refractivity contribution in [3.63, 3.8) is 0 Å². The van der Waals surface area contributed by atoms with E-state index in [0.29, 0.717) is 0 Å². The van der Waals surface area contributed by atoms with E-state index < -0.39 is 0 Å². The van der Waals surface area contributed by atoms with Crippen molar-refractivity contribution in [2.24, 2.45) is 5.92 Å². The SMILES string of the molecule is CC(C)[CH2][Mg+2].CCO. The van der Waals surface area contributed by atoms with Gasteiger partial charge in [0.25, 0.3) is 4.55 Å². The Morgan fingerprint density at radius 3 is 1.62 bits per heavy atom. The minimum absolute atomic E-state index is 0.250. The van der Waals surface area contributed by atoms with Gasteiger partial charge in [-0.1, -0.05) is 13.8 Å². The molecule has 0 saturated carbocycles. The maximum atomic E-state index is 7.57. The van der Waals surface area contributed by atoms with Gasteiger partial charge in [0, 0.05) is 12.5 Å². The zero-order valence-corrected chi connectivity index (χ0v) is 7.56. The summed E-state index contributed by atoms with van der Waals surface area (Å²) < 4.78 is 1.33. The van der Waals surface area contributed by atoms with Gasteiger partial charge in [-0.2, -0.15) is 0 Å². The fraction of sp³-hybridized carbons (Fsp3) is 1.00. The Morgan fingerprint density at radius 2 is 1.62 bits per heavy atom. The van der Waals surface area contributed by atoms with E-state index in [2.05, 4.69) is 13.8 Å². The highest BCUT2D eigenvalue weighted by Crippen LogP contribution is 1.92. The van der Waals surface area contributed by atoms with Crippen molar-refractivity contribution in [2.45, 2.75) is 25.3 Å². The van der Waals surface area contributed by atoms with E-state index in [1.807, 2.05) is 21.7 Å². The molecule has 0 aromatic rings. The molecule has 0 unspecified atom stereocenters. The van der Waals surface area contributed by atoms with E-state index in [1.165, 1.54) is 4.55 Å². The number of aliphatic hydroxyl groups is 1. The molecule has 0 aliphatic rings. The van der Waals surface area contributed by atoms with E-state index in [0.717, 1.165) is 5.92 Å². The van der Waals surface area contributed by atoms with Crippen LogP contribution in [0, 0.1) is 5.92 Å². The van der Waals surface area contributed by atoms with Crippen molar-refractivity contribution in [3.8, 4) is 0 Å². The zero-order chi connectivity index (χ0) is 6.99. The van der Waals surface area contributed by atoms with Crippen LogP contribution in [0.2, 0.25) is 4.55 Å². The first-order valence-electron chi connectivity index (χ1n) is 3.09. The fourth-order valence-corrected chi connectivity index (χ4v) is 0. The van der Waals surface area contributed by atoms with Crippen molar-refractivity contribution in [3.05, 3.63) is 0 Å². The van der Waals surface area contributed by atoms with Gasteiger partial charge in [-0.05, 0) is 6.92 Å². The van der Waals surface area contributed by atoms with Gasteiger partial charge in [0.05, 0.1) is 0 Å². The highest BCUT2D eigenvalue weighted by atomic mass is 24.4. The first-order valence-corrected chi connectivity index (χ1v) is 4.09. The lowest BCUT2D eigenvalue weighted by Crippen LogP contribution is -1.80. The molecular weight excluding hydrogens is 112 g/mol. The highest BCUT2D eigenvalue weighted by molar-refractivity contribution is 6.08. The molecule has 0 heterocycles. The van der Waals surface area contributed by atoms with Crippen LogP contribution in [0.5, 0.6) is 0 Å². The summed E-state index contributed by atoms with van der Waals surface area (Å²) in [4.78, 5) is 0. The number of aliphatic hydroxyl groups excluding tert-OH is 1. The smallest absolute Gasteiger partial charge is 0.397 e. The summed E-state index contributed by atoms with van der Waals surface area (Å²) in [5.74, 6) is 0.897. The predicted molar refractivity (Wildman–Crippen MR) is 38.2 cm³/mol. The van der Waals surface area contributed by atoms with Crippen LogP contribution in [-0.2, 0) is 0 Å². The molecular formula is C6H15MgO+2. The minimum Gasteiger partial charge on any atom is -0.397 e. The van der Waals surface area contributed by atoms with E-state index in [4.69, 9.17) is 5.11 Å². The summed E-state index contributed by atoms with van der Waals surface area (Å²) in [5.41, 5.74) is 0. The number of hydrogen-bond acceptors (Lipinski definition) is 1. The number of hydrogen-bond donors (Lipinski definition) is 1. The Bertz CT molecular complexity index is 29.7. The third-order valence-corrected chi connectivity index (χ3v) is 1.73. The lowest BCUT2D eigenvalue weighted by molar-refractivity contribution is 0.318. The average Bonchev–Trinajstić information content (AvgIpc) is 1.69.